The smallest absolute Gasteiger partial charge is 0.0429 e. The molecule has 0 aliphatic carbocycles. The Hall–Kier alpha value is -1.18. The fourth-order valence-corrected chi connectivity index (χ4v) is 0.955. The van der Waals surface area contributed by atoms with Gasteiger partial charge < -0.3 is 0 Å². The zero-order valence-corrected chi connectivity index (χ0v) is 7.62. The highest BCUT2D eigenvalue weighted by Crippen LogP contribution is 1.96. The van der Waals surface area contributed by atoms with Crippen LogP contribution < -0.4 is 0 Å². The predicted octanol–water partition coefficient (Wildman–Crippen LogP) is 2.10. The Labute approximate surface area is 73.4 Å². The van der Waals surface area contributed by atoms with E-state index in [2.05, 4.69) is 16.0 Å². The van der Waals surface area contributed by atoms with Gasteiger partial charge in [-0.25, -0.2) is 0 Å². The van der Waals surface area contributed by atoms with Crippen molar-refractivity contribution in [1.29, 1.82) is 0 Å². The molecule has 2 heteroatoms. The van der Waals surface area contributed by atoms with Crippen LogP contribution in [0.5, 0.6) is 0 Å². The largest absolute Gasteiger partial charge is 0.294 e. The molecule has 0 spiro atoms. The van der Waals surface area contributed by atoms with Crippen molar-refractivity contribution >= 4 is 5.71 Å². The van der Waals surface area contributed by atoms with E-state index >= 15 is 0 Å². The van der Waals surface area contributed by atoms with Crippen molar-refractivity contribution in [3.63, 3.8) is 0 Å². The fourth-order valence-electron chi connectivity index (χ4n) is 0.955. The molecule has 2 nitrogen and oxygen atoms in total. The molecule has 0 bridgehead atoms. The summed E-state index contributed by atoms with van der Waals surface area (Å²) in [5.74, 6) is 0. The van der Waals surface area contributed by atoms with Crippen molar-refractivity contribution in [2.75, 3.05) is 6.54 Å². The quantitative estimate of drug-likeness (QED) is 0.625. The molecule has 0 aliphatic heterocycles. The Kier molecular flexibility index (Phi) is 3.45. The molecule has 0 aliphatic rings. The number of rotatable bonds is 3. The maximum absolute atomic E-state index is 4.31. The van der Waals surface area contributed by atoms with Crippen LogP contribution in [0.4, 0.5) is 0 Å². The maximum Gasteiger partial charge on any atom is 0.0429 e. The van der Waals surface area contributed by atoms with Gasteiger partial charge in [0.25, 0.3) is 0 Å². The van der Waals surface area contributed by atoms with Crippen molar-refractivity contribution in [1.82, 2.24) is 4.98 Å². The first-order chi connectivity index (χ1) is 5.79. The van der Waals surface area contributed by atoms with Gasteiger partial charge in [0.1, 0.15) is 0 Å². The molecule has 0 aromatic carbocycles. The summed E-state index contributed by atoms with van der Waals surface area (Å²) in [4.78, 5) is 8.34. The number of nitrogens with zero attached hydrogens (tertiary/aromatic N) is 2. The van der Waals surface area contributed by atoms with Gasteiger partial charge in [-0.15, -0.1) is 0 Å². The normalized spacial score (nSPS) is 9.50. The molecule has 0 saturated heterocycles. The average molecular weight is 162 g/mol. The Morgan fingerprint density at radius 1 is 1.50 bits per heavy atom. The number of aliphatic imine (C=N–C) groups is 1. The standard InChI is InChI=1S/C10H14N2/c1-9(2)12-7-5-10-4-3-6-11-8-10/h3-4,6,8H,5,7H2,1-2H3. The van der Waals surface area contributed by atoms with E-state index in [0.717, 1.165) is 18.7 Å². The van der Waals surface area contributed by atoms with Crippen LogP contribution >= 0.6 is 0 Å². The minimum atomic E-state index is 0.869. The lowest BCUT2D eigenvalue weighted by Gasteiger charge is -1.96. The predicted molar refractivity (Wildman–Crippen MR) is 51.6 cm³/mol. The number of hydrogen-bond donors (Lipinski definition) is 0. The van der Waals surface area contributed by atoms with Crippen molar-refractivity contribution < 1.29 is 0 Å². The maximum atomic E-state index is 4.31. The number of pyridine rings is 1. The molecule has 1 heterocycles. The Balaban J connectivity index is 2.39. The van der Waals surface area contributed by atoms with Gasteiger partial charge in [0, 0.05) is 24.7 Å². The topological polar surface area (TPSA) is 25.2 Å². The van der Waals surface area contributed by atoms with Gasteiger partial charge in [-0.2, -0.15) is 0 Å². The zero-order chi connectivity index (χ0) is 8.81. The molecule has 0 fully saturated rings. The Morgan fingerprint density at radius 3 is 2.92 bits per heavy atom. The van der Waals surface area contributed by atoms with Crippen LogP contribution in [0, 0.1) is 0 Å². The third kappa shape index (κ3) is 3.28. The molecule has 1 aromatic heterocycles. The lowest BCUT2D eigenvalue weighted by atomic mass is 10.2. The van der Waals surface area contributed by atoms with Crippen LogP contribution in [0.25, 0.3) is 0 Å². The first kappa shape index (κ1) is 8.91. The van der Waals surface area contributed by atoms with Crippen LogP contribution in [-0.2, 0) is 6.42 Å². The van der Waals surface area contributed by atoms with E-state index in [1.54, 1.807) is 6.20 Å². The van der Waals surface area contributed by atoms with Crippen LogP contribution in [-0.4, -0.2) is 17.2 Å². The van der Waals surface area contributed by atoms with Crippen molar-refractivity contribution in [2.45, 2.75) is 20.3 Å². The highest BCUT2D eigenvalue weighted by Gasteiger charge is 1.89. The van der Waals surface area contributed by atoms with Crippen LogP contribution in [0.1, 0.15) is 19.4 Å². The van der Waals surface area contributed by atoms with Crippen molar-refractivity contribution in [2.24, 2.45) is 4.99 Å². The van der Waals surface area contributed by atoms with Crippen LogP contribution in [0.2, 0.25) is 0 Å². The number of hydrogen-bond acceptors (Lipinski definition) is 2. The fraction of sp³-hybridized carbons (Fsp3) is 0.400. The molecule has 0 atom stereocenters. The van der Waals surface area contributed by atoms with Gasteiger partial charge in [-0.1, -0.05) is 6.07 Å². The summed E-state index contributed by atoms with van der Waals surface area (Å²) in [6.45, 7) is 4.90. The molecular weight excluding hydrogens is 148 g/mol. The van der Waals surface area contributed by atoms with Crippen molar-refractivity contribution in [3.05, 3.63) is 30.1 Å². The molecular formula is C10H14N2. The van der Waals surface area contributed by atoms with Gasteiger partial charge in [0.05, 0.1) is 0 Å². The molecule has 0 amide bonds. The van der Waals surface area contributed by atoms with Gasteiger partial charge in [-0.3, -0.25) is 9.98 Å². The van der Waals surface area contributed by atoms with E-state index in [9.17, 15) is 0 Å². The van der Waals surface area contributed by atoms with Crippen LogP contribution in [0.3, 0.4) is 0 Å². The van der Waals surface area contributed by atoms with E-state index < -0.39 is 0 Å². The van der Waals surface area contributed by atoms with E-state index in [4.69, 9.17) is 0 Å². The molecule has 64 valence electrons. The van der Waals surface area contributed by atoms with Crippen molar-refractivity contribution in [3.8, 4) is 0 Å². The molecule has 0 radical (unpaired) electrons. The highest BCUT2D eigenvalue weighted by molar-refractivity contribution is 5.79. The van der Waals surface area contributed by atoms with Gasteiger partial charge >= 0.3 is 0 Å². The first-order valence-electron chi connectivity index (χ1n) is 4.15. The summed E-state index contributed by atoms with van der Waals surface area (Å²) < 4.78 is 0. The lowest BCUT2D eigenvalue weighted by Crippen LogP contribution is -1.92. The van der Waals surface area contributed by atoms with Gasteiger partial charge in [-0.05, 0) is 31.9 Å². The SMILES string of the molecule is CC(C)=NCCc1cccnc1. The third-order valence-corrected chi connectivity index (χ3v) is 1.55. The van der Waals surface area contributed by atoms with E-state index in [1.165, 1.54) is 5.56 Å². The molecule has 1 rings (SSSR count). The average Bonchev–Trinajstić information content (AvgIpc) is 2.05. The molecule has 0 N–H and O–H groups in total. The molecule has 0 saturated carbocycles. The lowest BCUT2D eigenvalue weighted by molar-refractivity contribution is 0.956. The minimum Gasteiger partial charge on any atom is -0.294 e. The molecule has 12 heavy (non-hydrogen) atoms. The Morgan fingerprint density at radius 2 is 2.33 bits per heavy atom. The second-order valence-electron chi connectivity index (χ2n) is 2.94. The summed E-state index contributed by atoms with van der Waals surface area (Å²) >= 11 is 0. The van der Waals surface area contributed by atoms with Crippen LogP contribution in [0.15, 0.2) is 29.5 Å². The molecule has 0 unspecified atom stereocenters. The highest BCUT2D eigenvalue weighted by atomic mass is 14.7. The van der Waals surface area contributed by atoms with E-state index in [1.807, 2.05) is 26.1 Å². The summed E-state index contributed by atoms with van der Waals surface area (Å²) in [6.07, 6.45) is 4.66. The second kappa shape index (κ2) is 4.65. The van der Waals surface area contributed by atoms with Gasteiger partial charge in [0.2, 0.25) is 0 Å². The summed E-state index contributed by atoms with van der Waals surface area (Å²) in [5.41, 5.74) is 2.39. The van der Waals surface area contributed by atoms with Gasteiger partial charge in [0.15, 0.2) is 0 Å². The zero-order valence-electron chi connectivity index (χ0n) is 7.62. The number of aromatic nitrogens is 1. The summed E-state index contributed by atoms with van der Waals surface area (Å²) in [7, 11) is 0. The van der Waals surface area contributed by atoms with E-state index in [0.29, 0.717) is 0 Å². The summed E-state index contributed by atoms with van der Waals surface area (Å²) in [6, 6.07) is 4.03. The first-order valence-corrected chi connectivity index (χ1v) is 4.15. The Bertz CT molecular complexity index is 248. The second-order valence-corrected chi connectivity index (χ2v) is 2.94. The third-order valence-electron chi connectivity index (χ3n) is 1.55. The monoisotopic (exact) mass is 162 g/mol. The van der Waals surface area contributed by atoms with E-state index in [-0.39, 0.29) is 0 Å². The minimum absolute atomic E-state index is 0.869. The molecule has 1 aromatic rings. The summed E-state index contributed by atoms with van der Waals surface area (Å²) in [5, 5.41) is 0.